The Morgan fingerprint density at radius 1 is 1.05 bits per heavy atom. The molecule has 7 rings (SSSR count). The summed E-state index contributed by atoms with van der Waals surface area (Å²) in [5.74, 6) is -0.710. The number of benzene rings is 2. The van der Waals surface area contributed by atoms with Gasteiger partial charge in [-0.2, -0.15) is 5.10 Å². The largest absolute Gasteiger partial charge is 0.393 e. The zero-order chi connectivity index (χ0) is 25.8. The third-order valence-corrected chi connectivity index (χ3v) is 8.43. The summed E-state index contributed by atoms with van der Waals surface area (Å²) in [5, 5.41) is 21.3. The van der Waals surface area contributed by atoms with Gasteiger partial charge in [-0.05, 0) is 74.8 Å². The summed E-state index contributed by atoms with van der Waals surface area (Å²) in [6.07, 6.45) is 7.42. The van der Waals surface area contributed by atoms with Gasteiger partial charge in [0.15, 0.2) is 0 Å². The molecule has 2 saturated heterocycles. The number of aliphatic hydroxyl groups excluding tert-OH is 1. The number of halogens is 1. The lowest BCUT2D eigenvalue weighted by molar-refractivity contribution is 0.0926. The smallest absolute Gasteiger partial charge is 0.254 e. The minimum absolute atomic E-state index is 0.00167. The maximum Gasteiger partial charge on any atom is 0.254 e. The molecular weight excluding hydrogens is 481 g/mol. The van der Waals surface area contributed by atoms with E-state index < -0.39 is 11.7 Å². The number of piperidine rings is 1. The van der Waals surface area contributed by atoms with Crippen LogP contribution < -0.4 is 10.2 Å². The number of aromatic amines is 1. The van der Waals surface area contributed by atoms with Crippen molar-refractivity contribution in [2.45, 2.75) is 62.8 Å². The highest BCUT2D eigenvalue weighted by Gasteiger charge is 2.40. The highest BCUT2D eigenvalue weighted by atomic mass is 19.1. The number of aliphatic hydroxyl groups is 1. The van der Waals surface area contributed by atoms with E-state index in [-0.39, 0.29) is 17.7 Å². The number of pyridine rings is 1. The van der Waals surface area contributed by atoms with Crippen LogP contribution in [0.15, 0.2) is 60.8 Å². The van der Waals surface area contributed by atoms with Crippen molar-refractivity contribution >= 4 is 22.5 Å². The number of carbonyl (C=O) groups is 1. The van der Waals surface area contributed by atoms with Crippen LogP contribution in [0, 0.1) is 11.7 Å². The molecule has 4 heterocycles. The minimum atomic E-state index is -0.584. The molecule has 8 heteroatoms. The molecule has 38 heavy (non-hydrogen) atoms. The molecule has 2 aromatic heterocycles. The Hall–Kier alpha value is -3.78. The fraction of sp³-hybridized carbons (Fsp3) is 0.367. The first-order valence-corrected chi connectivity index (χ1v) is 13.5. The molecule has 2 bridgehead atoms. The van der Waals surface area contributed by atoms with E-state index in [1.165, 1.54) is 6.07 Å². The Morgan fingerprint density at radius 2 is 1.82 bits per heavy atom. The van der Waals surface area contributed by atoms with Gasteiger partial charge < -0.3 is 15.3 Å². The summed E-state index contributed by atoms with van der Waals surface area (Å²) in [6.45, 7) is 0. The number of anilines is 1. The SMILES string of the molecule is O=C(N[C@H](c1ccccn1)C1CC1)c1cc2c(-c3ccc(N4[C@@H]5CC[C@H]4CC(O)C5)cc3)n[nH]c2cc1F. The number of hydrogen-bond acceptors (Lipinski definition) is 5. The molecule has 1 unspecified atom stereocenters. The Bertz CT molecular complexity index is 1470. The number of fused-ring (bicyclic) bond motifs is 3. The summed E-state index contributed by atoms with van der Waals surface area (Å²) < 4.78 is 15.1. The van der Waals surface area contributed by atoms with Gasteiger partial charge in [-0.15, -0.1) is 0 Å². The molecule has 4 atom stereocenters. The van der Waals surface area contributed by atoms with Crippen LogP contribution in [-0.4, -0.2) is 44.4 Å². The molecule has 2 aromatic carbocycles. The van der Waals surface area contributed by atoms with E-state index in [0.717, 1.165) is 55.5 Å². The number of nitrogens with zero attached hydrogens (tertiary/aromatic N) is 3. The van der Waals surface area contributed by atoms with Crippen LogP contribution in [0.25, 0.3) is 22.2 Å². The molecule has 7 nitrogen and oxygen atoms in total. The predicted octanol–water partition coefficient (Wildman–Crippen LogP) is 5.14. The minimum Gasteiger partial charge on any atom is -0.393 e. The van der Waals surface area contributed by atoms with Crippen molar-refractivity contribution in [1.29, 1.82) is 0 Å². The number of rotatable bonds is 6. The van der Waals surface area contributed by atoms with Gasteiger partial charge in [-0.1, -0.05) is 18.2 Å². The van der Waals surface area contributed by atoms with Gasteiger partial charge in [-0.3, -0.25) is 14.9 Å². The summed E-state index contributed by atoms with van der Waals surface area (Å²) in [4.78, 5) is 20.1. The summed E-state index contributed by atoms with van der Waals surface area (Å²) in [6, 6.07) is 17.4. The second-order valence-corrected chi connectivity index (χ2v) is 11.0. The average Bonchev–Trinajstić information content (AvgIpc) is 3.63. The Morgan fingerprint density at radius 3 is 2.50 bits per heavy atom. The van der Waals surface area contributed by atoms with Gasteiger partial charge >= 0.3 is 0 Å². The topological polar surface area (TPSA) is 94.1 Å². The van der Waals surface area contributed by atoms with Crippen LogP contribution in [0.3, 0.4) is 0 Å². The standard InChI is InChI=1S/C30H30FN5O2/c31-25-16-27-24(15-23(25)30(38)33-29(18-4-5-18)26-3-1-2-12-32-26)28(35-34-27)17-6-8-19(9-7-17)36-20-10-11-21(36)14-22(37)13-20/h1-3,6-9,12,15-16,18,20-22,29,37H,4-5,10-11,13-14H2,(H,33,38)(H,34,35)/t20-,21+,22?,29-/m0/s1. The van der Waals surface area contributed by atoms with Crippen LogP contribution in [0.2, 0.25) is 0 Å². The van der Waals surface area contributed by atoms with E-state index in [2.05, 4.69) is 37.5 Å². The number of amides is 1. The molecule has 194 valence electrons. The van der Waals surface area contributed by atoms with Crippen LogP contribution in [0.5, 0.6) is 0 Å². The molecule has 3 fully saturated rings. The molecule has 4 aromatic rings. The third-order valence-electron chi connectivity index (χ3n) is 8.43. The molecule has 1 aliphatic carbocycles. The van der Waals surface area contributed by atoms with E-state index in [1.807, 2.05) is 30.3 Å². The number of nitrogens with one attached hydrogen (secondary N) is 2. The lowest BCUT2D eigenvalue weighted by Gasteiger charge is -2.39. The molecule has 1 amide bonds. The van der Waals surface area contributed by atoms with E-state index >= 15 is 4.39 Å². The third kappa shape index (κ3) is 4.13. The zero-order valence-electron chi connectivity index (χ0n) is 21.0. The average molecular weight is 512 g/mol. The highest BCUT2D eigenvalue weighted by molar-refractivity contribution is 6.02. The predicted molar refractivity (Wildman–Crippen MR) is 143 cm³/mol. The van der Waals surface area contributed by atoms with Crippen molar-refractivity contribution in [2.75, 3.05) is 4.90 Å². The molecule has 3 aliphatic rings. The number of H-pyrrole nitrogens is 1. The highest BCUT2D eigenvalue weighted by Crippen LogP contribution is 2.41. The number of aromatic nitrogens is 3. The number of hydrogen-bond donors (Lipinski definition) is 3. The van der Waals surface area contributed by atoms with Gasteiger partial charge in [-0.25, -0.2) is 4.39 Å². The zero-order valence-corrected chi connectivity index (χ0v) is 21.0. The second-order valence-electron chi connectivity index (χ2n) is 11.0. The van der Waals surface area contributed by atoms with Crippen molar-refractivity contribution in [1.82, 2.24) is 20.5 Å². The lowest BCUT2D eigenvalue weighted by atomic mass is 9.98. The van der Waals surface area contributed by atoms with Gasteiger partial charge in [0.05, 0.1) is 34.6 Å². The van der Waals surface area contributed by atoms with E-state index in [9.17, 15) is 9.90 Å². The molecule has 0 radical (unpaired) electrons. The van der Waals surface area contributed by atoms with Gasteiger partial charge in [0.1, 0.15) is 5.82 Å². The van der Waals surface area contributed by atoms with E-state index in [4.69, 9.17) is 0 Å². The first-order valence-electron chi connectivity index (χ1n) is 13.5. The summed E-state index contributed by atoms with van der Waals surface area (Å²) in [7, 11) is 0. The quantitative estimate of drug-likeness (QED) is 0.333. The normalized spacial score (nSPS) is 23.5. The molecule has 2 aliphatic heterocycles. The molecule has 1 saturated carbocycles. The molecule has 0 spiro atoms. The lowest BCUT2D eigenvalue weighted by Crippen LogP contribution is -2.44. The van der Waals surface area contributed by atoms with Crippen LogP contribution >= 0.6 is 0 Å². The number of carbonyl (C=O) groups excluding carboxylic acids is 1. The summed E-state index contributed by atoms with van der Waals surface area (Å²) in [5.41, 5.74) is 4.07. The van der Waals surface area contributed by atoms with Crippen molar-refractivity contribution in [3.8, 4) is 11.3 Å². The maximum atomic E-state index is 15.1. The fourth-order valence-electron chi connectivity index (χ4n) is 6.44. The Kier molecular flexibility index (Phi) is 5.65. The Labute approximate surface area is 220 Å². The van der Waals surface area contributed by atoms with Crippen molar-refractivity contribution < 1.29 is 14.3 Å². The Balaban J connectivity index is 1.17. The van der Waals surface area contributed by atoms with Gasteiger partial charge in [0, 0.05) is 41.0 Å². The fourth-order valence-corrected chi connectivity index (χ4v) is 6.44. The second kappa shape index (κ2) is 9.20. The summed E-state index contributed by atoms with van der Waals surface area (Å²) >= 11 is 0. The van der Waals surface area contributed by atoms with E-state index in [1.54, 1.807) is 12.3 Å². The van der Waals surface area contributed by atoms with E-state index in [0.29, 0.717) is 34.6 Å². The van der Waals surface area contributed by atoms with Crippen molar-refractivity contribution in [3.05, 3.63) is 77.9 Å². The van der Waals surface area contributed by atoms with Crippen LogP contribution in [0.4, 0.5) is 10.1 Å². The maximum absolute atomic E-state index is 15.1. The first kappa shape index (κ1) is 23.3. The van der Waals surface area contributed by atoms with Crippen LogP contribution in [-0.2, 0) is 0 Å². The molecule has 3 N–H and O–H groups in total. The first-order chi connectivity index (χ1) is 18.5. The molecular formula is C30H30FN5O2. The van der Waals surface area contributed by atoms with Crippen molar-refractivity contribution in [2.24, 2.45) is 5.92 Å². The monoisotopic (exact) mass is 511 g/mol. The van der Waals surface area contributed by atoms with Gasteiger partial charge in [0.2, 0.25) is 0 Å². The van der Waals surface area contributed by atoms with Gasteiger partial charge in [0.25, 0.3) is 5.91 Å². The van der Waals surface area contributed by atoms with Crippen molar-refractivity contribution in [3.63, 3.8) is 0 Å². The van der Waals surface area contributed by atoms with Crippen LogP contribution in [0.1, 0.15) is 60.6 Å².